The van der Waals surface area contributed by atoms with Crippen LogP contribution in [0.3, 0.4) is 0 Å². The number of benzene rings is 1. The van der Waals surface area contributed by atoms with Gasteiger partial charge in [0, 0.05) is 32.9 Å². The summed E-state index contributed by atoms with van der Waals surface area (Å²) in [7, 11) is 3.52. The fourth-order valence-corrected chi connectivity index (χ4v) is 3.57. The Labute approximate surface area is 147 Å². The zero-order chi connectivity index (χ0) is 17.4. The SMILES string of the molecule is COc1ccc(CN2CC3Oc4ncccc4C(=O)N(C)C3C2)cc1. The van der Waals surface area contributed by atoms with Crippen LogP contribution >= 0.6 is 0 Å². The van der Waals surface area contributed by atoms with Gasteiger partial charge in [-0.2, -0.15) is 0 Å². The number of likely N-dealkylation sites (N-methyl/N-ethyl adjacent to an activating group) is 1. The molecule has 6 heteroatoms. The maximum Gasteiger partial charge on any atom is 0.259 e. The predicted molar refractivity (Wildman–Crippen MR) is 92.8 cm³/mol. The molecule has 0 aliphatic carbocycles. The second-order valence-electron chi connectivity index (χ2n) is 6.54. The van der Waals surface area contributed by atoms with Gasteiger partial charge in [-0.3, -0.25) is 9.69 Å². The van der Waals surface area contributed by atoms with Crippen molar-refractivity contribution in [2.75, 3.05) is 27.2 Å². The number of hydrogen-bond acceptors (Lipinski definition) is 5. The molecule has 0 spiro atoms. The van der Waals surface area contributed by atoms with Crippen molar-refractivity contribution >= 4 is 5.91 Å². The molecule has 130 valence electrons. The molecule has 1 amide bonds. The Hall–Kier alpha value is -2.60. The molecule has 1 fully saturated rings. The number of hydrogen-bond donors (Lipinski definition) is 0. The molecule has 25 heavy (non-hydrogen) atoms. The van der Waals surface area contributed by atoms with Gasteiger partial charge in [-0.15, -0.1) is 0 Å². The second-order valence-corrected chi connectivity index (χ2v) is 6.54. The fraction of sp³-hybridized carbons (Fsp3) is 0.368. The minimum absolute atomic E-state index is 0.0260. The summed E-state index contributed by atoms with van der Waals surface area (Å²) in [5.74, 6) is 1.27. The predicted octanol–water partition coefficient (Wildman–Crippen LogP) is 1.81. The van der Waals surface area contributed by atoms with Crippen LogP contribution in [0.2, 0.25) is 0 Å². The lowest BCUT2D eigenvalue weighted by molar-refractivity contribution is 0.0680. The smallest absolute Gasteiger partial charge is 0.259 e. The van der Waals surface area contributed by atoms with Crippen molar-refractivity contribution in [1.29, 1.82) is 0 Å². The van der Waals surface area contributed by atoms with Crippen molar-refractivity contribution in [2.45, 2.75) is 18.7 Å². The van der Waals surface area contributed by atoms with Crippen LogP contribution in [0.1, 0.15) is 15.9 Å². The summed E-state index contributed by atoms with van der Waals surface area (Å²) in [6.07, 6.45) is 1.60. The topological polar surface area (TPSA) is 54.9 Å². The molecule has 1 aromatic carbocycles. The van der Waals surface area contributed by atoms with E-state index in [1.54, 1.807) is 30.3 Å². The molecule has 0 radical (unpaired) electrons. The summed E-state index contributed by atoms with van der Waals surface area (Å²) in [5, 5.41) is 0. The van der Waals surface area contributed by atoms with Gasteiger partial charge in [0.1, 0.15) is 17.4 Å². The van der Waals surface area contributed by atoms with E-state index in [1.165, 1.54) is 5.56 Å². The Bertz CT molecular complexity index is 778. The number of rotatable bonds is 3. The average molecular weight is 339 g/mol. The summed E-state index contributed by atoms with van der Waals surface area (Å²) < 4.78 is 11.3. The van der Waals surface area contributed by atoms with Crippen LogP contribution in [0.4, 0.5) is 0 Å². The number of pyridine rings is 1. The zero-order valence-corrected chi connectivity index (χ0v) is 14.4. The van der Waals surface area contributed by atoms with Gasteiger partial charge < -0.3 is 14.4 Å². The van der Waals surface area contributed by atoms with Crippen molar-refractivity contribution in [3.63, 3.8) is 0 Å². The highest BCUT2D eigenvalue weighted by Gasteiger charge is 2.42. The first-order valence-corrected chi connectivity index (χ1v) is 8.40. The lowest BCUT2D eigenvalue weighted by atomic mass is 10.2. The molecule has 1 saturated heterocycles. The Kier molecular flexibility index (Phi) is 4.05. The summed E-state index contributed by atoms with van der Waals surface area (Å²) in [6, 6.07) is 11.6. The van der Waals surface area contributed by atoms with E-state index in [9.17, 15) is 4.79 Å². The molecule has 2 aliphatic heterocycles. The molecule has 2 unspecified atom stereocenters. The molecular weight excluding hydrogens is 318 g/mol. The van der Waals surface area contributed by atoms with E-state index in [4.69, 9.17) is 9.47 Å². The summed E-state index contributed by atoms with van der Waals surface area (Å²) in [5.41, 5.74) is 1.76. The normalized spacial score (nSPS) is 22.8. The van der Waals surface area contributed by atoms with Crippen molar-refractivity contribution in [3.05, 3.63) is 53.7 Å². The number of ether oxygens (including phenoxy) is 2. The quantitative estimate of drug-likeness (QED) is 0.854. The van der Waals surface area contributed by atoms with Crippen molar-refractivity contribution in [3.8, 4) is 11.6 Å². The highest BCUT2D eigenvalue weighted by molar-refractivity contribution is 5.96. The molecule has 2 atom stereocenters. The van der Waals surface area contributed by atoms with Gasteiger partial charge in [0.2, 0.25) is 5.88 Å². The maximum atomic E-state index is 12.7. The van der Waals surface area contributed by atoms with Crippen LogP contribution in [0.5, 0.6) is 11.6 Å². The van der Waals surface area contributed by atoms with E-state index in [1.807, 2.05) is 19.2 Å². The average Bonchev–Trinajstić information content (AvgIpc) is 3.00. The highest BCUT2D eigenvalue weighted by Crippen LogP contribution is 2.29. The van der Waals surface area contributed by atoms with Crippen LogP contribution in [-0.2, 0) is 6.54 Å². The summed E-state index contributed by atoms with van der Waals surface area (Å²) in [4.78, 5) is 21.1. The molecule has 1 aromatic heterocycles. The van der Waals surface area contributed by atoms with Crippen LogP contribution in [0.15, 0.2) is 42.6 Å². The number of amides is 1. The number of aromatic nitrogens is 1. The molecule has 0 saturated carbocycles. The number of fused-ring (bicyclic) bond motifs is 2. The fourth-order valence-electron chi connectivity index (χ4n) is 3.57. The number of methoxy groups -OCH3 is 1. The van der Waals surface area contributed by atoms with Crippen LogP contribution in [-0.4, -0.2) is 60.1 Å². The monoisotopic (exact) mass is 339 g/mol. The van der Waals surface area contributed by atoms with E-state index in [0.717, 1.165) is 25.4 Å². The van der Waals surface area contributed by atoms with Gasteiger partial charge in [-0.1, -0.05) is 12.1 Å². The van der Waals surface area contributed by atoms with Gasteiger partial charge in [0.05, 0.1) is 13.2 Å². The molecule has 3 heterocycles. The Morgan fingerprint density at radius 3 is 2.80 bits per heavy atom. The van der Waals surface area contributed by atoms with Gasteiger partial charge in [0.15, 0.2) is 0 Å². The molecule has 4 rings (SSSR count). The van der Waals surface area contributed by atoms with Crippen LogP contribution < -0.4 is 9.47 Å². The van der Waals surface area contributed by atoms with E-state index in [0.29, 0.717) is 11.4 Å². The number of carbonyl (C=O) groups excluding carboxylic acids is 1. The maximum absolute atomic E-state index is 12.7. The Morgan fingerprint density at radius 1 is 1.24 bits per heavy atom. The van der Waals surface area contributed by atoms with E-state index in [-0.39, 0.29) is 18.1 Å². The summed E-state index contributed by atoms with van der Waals surface area (Å²) >= 11 is 0. The first-order chi connectivity index (χ1) is 12.2. The molecular formula is C19H21N3O3. The van der Waals surface area contributed by atoms with E-state index in [2.05, 4.69) is 22.0 Å². The largest absolute Gasteiger partial charge is 0.497 e. The van der Waals surface area contributed by atoms with Crippen molar-refractivity contribution in [2.24, 2.45) is 0 Å². The van der Waals surface area contributed by atoms with E-state index < -0.39 is 0 Å². The van der Waals surface area contributed by atoms with Gasteiger partial charge in [-0.05, 0) is 29.8 Å². The van der Waals surface area contributed by atoms with Crippen LogP contribution in [0, 0.1) is 0 Å². The first-order valence-electron chi connectivity index (χ1n) is 8.40. The van der Waals surface area contributed by atoms with Crippen LogP contribution in [0.25, 0.3) is 0 Å². The standard InChI is InChI=1S/C19H21N3O3/c1-21-16-11-22(10-13-5-7-14(24-2)8-6-13)12-17(16)25-18-15(19(21)23)4-3-9-20-18/h3-9,16-17H,10-12H2,1-2H3. The molecule has 2 aromatic rings. The molecule has 6 nitrogen and oxygen atoms in total. The Morgan fingerprint density at radius 2 is 2.04 bits per heavy atom. The third-order valence-corrected chi connectivity index (χ3v) is 4.96. The minimum Gasteiger partial charge on any atom is -0.497 e. The Balaban J connectivity index is 1.52. The third kappa shape index (κ3) is 2.93. The first kappa shape index (κ1) is 15.9. The zero-order valence-electron chi connectivity index (χ0n) is 14.4. The van der Waals surface area contributed by atoms with Crippen molar-refractivity contribution < 1.29 is 14.3 Å². The number of likely N-dealkylation sites (tertiary alicyclic amines) is 1. The van der Waals surface area contributed by atoms with Gasteiger partial charge in [-0.25, -0.2) is 4.98 Å². The lowest BCUT2D eigenvalue weighted by Crippen LogP contribution is -2.44. The molecule has 2 aliphatic rings. The van der Waals surface area contributed by atoms with E-state index >= 15 is 0 Å². The lowest BCUT2D eigenvalue weighted by Gasteiger charge is -2.25. The third-order valence-electron chi connectivity index (χ3n) is 4.96. The molecule has 0 bridgehead atoms. The number of nitrogens with zero attached hydrogens (tertiary/aromatic N) is 3. The highest BCUT2D eigenvalue weighted by atomic mass is 16.5. The minimum atomic E-state index is -0.0663. The number of carbonyl (C=O) groups is 1. The second kappa shape index (κ2) is 6.37. The van der Waals surface area contributed by atoms with Gasteiger partial charge in [0.25, 0.3) is 5.91 Å². The van der Waals surface area contributed by atoms with Crippen molar-refractivity contribution in [1.82, 2.24) is 14.8 Å². The molecule has 0 N–H and O–H groups in total. The van der Waals surface area contributed by atoms with Gasteiger partial charge >= 0.3 is 0 Å². The summed E-state index contributed by atoms with van der Waals surface area (Å²) in [6.45, 7) is 2.37.